The molecule has 0 spiro atoms. The molecule has 0 aromatic heterocycles. The lowest BCUT2D eigenvalue weighted by Gasteiger charge is -2.16. The third-order valence-electron chi connectivity index (χ3n) is 4.54. The van der Waals surface area contributed by atoms with Crippen molar-refractivity contribution in [3.63, 3.8) is 0 Å². The summed E-state index contributed by atoms with van der Waals surface area (Å²) in [6.07, 6.45) is 0. The summed E-state index contributed by atoms with van der Waals surface area (Å²) in [7, 11) is -1.45. The molecule has 0 aliphatic heterocycles. The van der Waals surface area contributed by atoms with Gasteiger partial charge in [-0.1, -0.05) is 0 Å². The third kappa shape index (κ3) is 22.3. The zero-order chi connectivity index (χ0) is 27.7. The summed E-state index contributed by atoms with van der Waals surface area (Å²) in [5.74, 6) is 0.561. The van der Waals surface area contributed by atoms with Gasteiger partial charge in [0.25, 0.3) is 5.69 Å². The van der Waals surface area contributed by atoms with Crippen LogP contribution in [0.1, 0.15) is 0 Å². The molecule has 0 bridgehead atoms. The van der Waals surface area contributed by atoms with Gasteiger partial charge in [-0.15, -0.1) is 0 Å². The number of hydrogen-bond donors (Lipinski definition) is 0. The van der Waals surface area contributed by atoms with Gasteiger partial charge in [-0.3, -0.25) is 10.1 Å². The number of benzene rings is 1. The summed E-state index contributed by atoms with van der Waals surface area (Å²) in [5.41, 5.74) is 0.0297. The van der Waals surface area contributed by atoms with Crippen molar-refractivity contribution in [1.29, 1.82) is 0 Å². The zero-order valence-electron chi connectivity index (χ0n) is 23.1. The number of non-ortho nitro benzene ring substituents is 1. The van der Waals surface area contributed by atoms with E-state index in [0.29, 0.717) is 111 Å². The molecule has 0 saturated carbocycles. The Balaban J connectivity index is 1.70. The van der Waals surface area contributed by atoms with E-state index in [1.165, 1.54) is 12.1 Å². The molecule has 0 saturated heterocycles. The van der Waals surface area contributed by atoms with E-state index in [1.54, 1.807) is 12.1 Å². The minimum atomic E-state index is -1.45. The minimum absolute atomic E-state index is 0.0297. The van der Waals surface area contributed by atoms with Crippen LogP contribution in [-0.2, 0) is 37.6 Å². The molecule has 13 heteroatoms. The highest BCUT2D eigenvalue weighted by atomic mass is 28.4. The fraction of sp³-hybridized carbons (Fsp3) is 0.760. The Kier molecular flexibility index (Phi) is 21.0. The van der Waals surface area contributed by atoms with Crippen molar-refractivity contribution in [2.75, 3.05) is 106 Å². The molecule has 220 valence electrons. The van der Waals surface area contributed by atoms with E-state index in [0.717, 1.165) is 0 Å². The predicted octanol–water partition coefficient (Wildman–Crippen LogP) is 2.94. The molecule has 0 fully saturated rings. The maximum absolute atomic E-state index is 10.6. The van der Waals surface area contributed by atoms with Crippen molar-refractivity contribution in [2.45, 2.75) is 19.6 Å². The fourth-order valence-corrected chi connectivity index (χ4v) is 3.41. The Hall–Kier alpha value is -1.68. The molecule has 1 aromatic carbocycles. The third-order valence-corrected chi connectivity index (χ3v) is 5.61. The lowest BCUT2D eigenvalue weighted by molar-refractivity contribution is -0.384. The highest BCUT2D eigenvalue weighted by Crippen LogP contribution is 2.17. The van der Waals surface area contributed by atoms with E-state index in [1.807, 2.05) is 0 Å². The van der Waals surface area contributed by atoms with E-state index in [9.17, 15) is 10.1 Å². The Morgan fingerprint density at radius 1 is 0.553 bits per heavy atom. The van der Waals surface area contributed by atoms with Crippen LogP contribution in [0.25, 0.3) is 0 Å². The van der Waals surface area contributed by atoms with E-state index in [-0.39, 0.29) is 5.69 Å². The molecule has 0 unspecified atom stereocenters. The number of nitro groups is 1. The topological polar surface area (TPSA) is 126 Å². The van der Waals surface area contributed by atoms with Gasteiger partial charge in [0.05, 0.1) is 104 Å². The molecule has 1 aromatic rings. The highest BCUT2D eigenvalue weighted by molar-refractivity contribution is 6.69. The summed E-state index contributed by atoms with van der Waals surface area (Å²) in [6.45, 7) is 14.5. The predicted molar refractivity (Wildman–Crippen MR) is 144 cm³/mol. The maximum atomic E-state index is 10.6. The summed E-state index contributed by atoms with van der Waals surface area (Å²) in [5, 5.41) is 10.6. The monoisotopic (exact) mass is 563 g/mol. The molecule has 0 aliphatic carbocycles. The van der Waals surface area contributed by atoms with Crippen LogP contribution in [0, 0.1) is 10.1 Å². The molecule has 0 aliphatic rings. The Morgan fingerprint density at radius 3 is 1.18 bits per heavy atom. The summed E-state index contributed by atoms with van der Waals surface area (Å²) < 4.78 is 49.2. The van der Waals surface area contributed by atoms with Gasteiger partial charge in [-0.25, -0.2) is 0 Å². The van der Waals surface area contributed by atoms with Crippen molar-refractivity contribution in [3.8, 4) is 5.75 Å². The molecule has 0 amide bonds. The molecule has 0 N–H and O–H groups in total. The maximum Gasteiger partial charge on any atom is 0.269 e. The average Bonchev–Trinajstić information content (AvgIpc) is 2.88. The first-order valence-corrected chi connectivity index (χ1v) is 16.3. The van der Waals surface area contributed by atoms with Gasteiger partial charge < -0.3 is 42.3 Å². The van der Waals surface area contributed by atoms with Crippen LogP contribution < -0.4 is 4.74 Å². The largest absolute Gasteiger partial charge is 0.491 e. The van der Waals surface area contributed by atoms with Crippen molar-refractivity contribution in [1.82, 2.24) is 0 Å². The van der Waals surface area contributed by atoms with Crippen LogP contribution in [-0.4, -0.2) is 119 Å². The number of nitrogens with zero attached hydrogens (tertiary/aromatic N) is 1. The van der Waals surface area contributed by atoms with Crippen LogP contribution in [0.15, 0.2) is 24.3 Å². The van der Waals surface area contributed by atoms with Crippen LogP contribution in [0.3, 0.4) is 0 Å². The second kappa shape index (κ2) is 23.2. The smallest absolute Gasteiger partial charge is 0.269 e. The molecular weight excluding hydrogens is 518 g/mol. The second-order valence-electron chi connectivity index (χ2n) is 8.85. The lowest BCUT2D eigenvalue weighted by atomic mass is 10.3. The minimum Gasteiger partial charge on any atom is -0.491 e. The Labute approximate surface area is 227 Å². The zero-order valence-corrected chi connectivity index (χ0v) is 24.1. The standard InChI is InChI=1S/C25H45NO11Si/c1-38(2,3)37-23-21-35-19-17-33-15-13-31-11-9-29-8-10-30-12-14-32-16-18-34-20-22-36-25-6-4-24(5-7-25)26(27)28/h4-7H,8-23H2,1-3H3. The van der Waals surface area contributed by atoms with Gasteiger partial charge in [-0.2, -0.15) is 0 Å². The highest BCUT2D eigenvalue weighted by Gasteiger charge is 2.13. The Morgan fingerprint density at radius 2 is 0.868 bits per heavy atom. The van der Waals surface area contributed by atoms with Gasteiger partial charge >= 0.3 is 0 Å². The first-order valence-electron chi connectivity index (χ1n) is 12.9. The number of nitro benzene ring substituents is 1. The average molecular weight is 564 g/mol. The molecule has 12 nitrogen and oxygen atoms in total. The summed E-state index contributed by atoms with van der Waals surface area (Å²) in [4.78, 5) is 10.2. The van der Waals surface area contributed by atoms with Gasteiger partial charge in [0, 0.05) is 12.1 Å². The molecular formula is C25H45NO11Si. The second-order valence-corrected chi connectivity index (χ2v) is 13.4. The van der Waals surface area contributed by atoms with Gasteiger partial charge in [0.2, 0.25) is 0 Å². The SMILES string of the molecule is C[Si](C)(C)OCCOCCOCCOCCOCCOCCOCCOCCOc1ccc([N+](=O)[O-])cc1. The quantitative estimate of drug-likeness (QED) is 0.0679. The Bertz CT molecular complexity index is 689. The summed E-state index contributed by atoms with van der Waals surface area (Å²) >= 11 is 0. The molecule has 0 heterocycles. The normalized spacial score (nSPS) is 11.7. The number of rotatable bonds is 27. The van der Waals surface area contributed by atoms with Crippen molar-refractivity contribution < 1.29 is 47.2 Å². The van der Waals surface area contributed by atoms with Crippen LogP contribution >= 0.6 is 0 Å². The van der Waals surface area contributed by atoms with Crippen LogP contribution in [0.2, 0.25) is 19.6 Å². The van der Waals surface area contributed by atoms with Crippen molar-refractivity contribution >= 4 is 14.0 Å². The molecule has 1 rings (SSSR count). The first kappa shape index (κ1) is 34.3. The van der Waals surface area contributed by atoms with E-state index in [2.05, 4.69) is 19.6 Å². The van der Waals surface area contributed by atoms with Crippen molar-refractivity contribution in [3.05, 3.63) is 34.4 Å². The number of ether oxygens (including phenoxy) is 8. The lowest BCUT2D eigenvalue weighted by Crippen LogP contribution is -2.27. The molecule has 0 atom stereocenters. The number of hydrogen-bond acceptors (Lipinski definition) is 11. The van der Waals surface area contributed by atoms with Crippen LogP contribution in [0.5, 0.6) is 5.75 Å². The molecule has 0 radical (unpaired) electrons. The van der Waals surface area contributed by atoms with Crippen LogP contribution in [0.4, 0.5) is 5.69 Å². The van der Waals surface area contributed by atoms with Gasteiger partial charge in [0.15, 0.2) is 8.32 Å². The van der Waals surface area contributed by atoms with E-state index < -0.39 is 13.2 Å². The van der Waals surface area contributed by atoms with E-state index >= 15 is 0 Å². The van der Waals surface area contributed by atoms with Gasteiger partial charge in [0.1, 0.15) is 12.4 Å². The van der Waals surface area contributed by atoms with E-state index in [4.69, 9.17) is 42.3 Å². The van der Waals surface area contributed by atoms with Gasteiger partial charge in [-0.05, 0) is 31.8 Å². The van der Waals surface area contributed by atoms with Crippen molar-refractivity contribution in [2.24, 2.45) is 0 Å². The molecule has 38 heavy (non-hydrogen) atoms. The fourth-order valence-electron chi connectivity index (χ4n) is 2.71. The first-order chi connectivity index (χ1) is 18.4. The summed E-state index contributed by atoms with van der Waals surface area (Å²) in [6, 6.07) is 5.92.